The Morgan fingerprint density at radius 2 is 1.67 bits per heavy atom. The fourth-order valence-corrected chi connectivity index (χ4v) is 1.60. The molecule has 1 amide bonds. The number of nitrogens with two attached hydrogens (primary N) is 1. The van der Waals surface area contributed by atoms with Crippen LogP contribution in [-0.2, 0) is 14.2 Å². The topological polar surface area (TPSA) is 139 Å². The van der Waals surface area contributed by atoms with Crippen LogP contribution >= 0.6 is 0 Å². The average molecular weight is 535 g/mol. The number of cyclic esters (lactones) is 1. The third-order valence-electron chi connectivity index (χ3n) is 2.89. The van der Waals surface area contributed by atoms with E-state index < -0.39 is 148 Å². The molecule has 2 unspecified atom stereocenters. The number of amides is 1. The number of hydrogen-bond acceptors (Lipinski definition) is 9. The Balaban J connectivity index is 0.000000568. The zero-order valence-electron chi connectivity index (χ0n) is 46.4. The third-order valence-corrected chi connectivity index (χ3v) is 2.89. The standard InChI is InChI=1S/C12H15NO3.C11H17NO2.C3H6O3/c1-8-3-9(2)5-10(4-8)15-7-11-6-13-12(14)16-11;1-8-3-9(2)5-11(4-8)14-7-10(13)6-12;1-5-3(4)6-2/h3-5,11H,6-7H2,1-2H3,(H,13,14);3-5,10,13H,6-7,12H2,1-2H3;1-2H3/i1D3,2D3,3D,4D,5D,6D2,7D2,11D;1D3,2D3,3D,4D,5D,6D2,7D2,10D;. The van der Waals surface area contributed by atoms with Crippen molar-refractivity contribution in [1.29, 1.82) is 0 Å². The van der Waals surface area contributed by atoms with Gasteiger partial charge in [-0.3, -0.25) is 0 Å². The summed E-state index contributed by atoms with van der Waals surface area (Å²) in [4.78, 5) is 21.1. The second-order valence-corrected chi connectivity index (χ2v) is 5.44. The van der Waals surface area contributed by atoms with E-state index in [4.69, 9.17) is 48.9 Å². The first-order chi connectivity index (χ1) is 28.1. The first-order valence-corrected chi connectivity index (χ1v) is 8.87. The molecule has 1 aliphatic rings. The highest BCUT2D eigenvalue weighted by molar-refractivity contribution is 5.69. The molecule has 10 nitrogen and oxygen atoms in total. The van der Waals surface area contributed by atoms with Crippen LogP contribution in [0.1, 0.15) is 60.6 Å². The fourth-order valence-electron chi connectivity index (χ4n) is 1.60. The van der Waals surface area contributed by atoms with Gasteiger partial charge in [0.25, 0.3) is 0 Å². The molecular formula is C26H38N2O8. The summed E-state index contributed by atoms with van der Waals surface area (Å²) in [6.45, 7) is -26.8. The van der Waals surface area contributed by atoms with Gasteiger partial charge in [-0.15, -0.1) is 0 Å². The lowest BCUT2D eigenvalue weighted by atomic mass is 10.1. The Bertz CT molecular complexity index is 1990. The van der Waals surface area contributed by atoms with Crippen LogP contribution in [0.3, 0.4) is 0 Å². The Morgan fingerprint density at radius 3 is 2.03 bits per heavy atom. The number of hydrogen-bond donors (Lipinski definition) is 3. The smallest absolute Gasteiger partial charge is 0.491 e. The Labute approximate surface area is 252 Å². The molecule has 0 bridgehead atoms. The number of nitrogens with one attached hydrogen (secondary N) is 1. The van der Waals surface area contributed by atoms with Gasteiger partial charge in [-0.1, -0.05) is 12.1 Å². The Kier molecular flexibility index (Phi) is 3.97. The molecule has 10 heteroatoms. The predicted molar refractivity (Wildman–Crippen MR) is 136 cm³/mol. The lowest BCUT2D eigenvalue weighted by Crippen LogP contribution is -2.26. The molecule has 3 rings (SSSR count). The van der Waals surface area contributed by atoms with Crippen LogP contribution in [-0.4, -0.2) is 69.8 Å². The van der Waals surface area contributed by atoms with Crippen molar-refractivity contribution in [2.75, 3.05) is 40.3 Å². The first-order valence-electron chi connectivity index (χ1n) is 22.9. The van der Waals surface area contributed by atoms with E-state index in [9.17, 15) is 14.7 Å². The summed E-state index contributed by atoms with van der Waals surface area (Å²) in [5.41, 5.74) is 0.347. The van der Waals surface area contributed by atoms with Gasteiger partial charge in [-0.25, -0.2) is 9.59 Å². The van der Waals surface area contributed by atoms with E-state index in [0.717, 1.165) is 0 Å². The van der Waals surface area contributed by atoms with Crippen molar-refractivity contribution in [3.05, 3.63) is 58.5 Å². The summed E-state index contributed by atoms with van der Waals surface area (Å²) in [5.74, 6) is -2.56. The Hall–Kier alpha value is -3.50. The van der Waals surface area contributed by atoms with Gasteiger partial charge < -0.3 is 39.8 Å². The zero-order valence-corrected chi connectivity index (χ0v) is 18.4. The quantitative estimate of drug-likeness (QED) is 0.457. The number of ether oxygens (including phenoxy) is 5. The lowest BCUT2D eigenvalue weighted by Gasteiger charge is -2.11. The largest absolute Gasteiger partial charge is 0.507 e. The van der Waals surface area contributed by atoms with Gasteiger partial charge in [0.05, 0.1) is 39.9 Å². The average Bonchev–Trinajstić information content (AvgIpc) is 3.28. The summed E-state index contributed by atoms with van der Waals surface area (Å²) in [7, 11) is 2.51. The van der Waals surface area contributed by atoms with Crippen LogP contribution in [0.25, 0.3) is 0 Å². The van der Waals surface area contributed by atoms with E-state index in [-0.39, 0.29) is 0 Å². The summed E-state index contributed by atoms with van der Waals surface area (Å²) < 4.78 is 235. The van der Waals surface area contributed by atoms with Crippen molar-refractivity contribution in [2.24, 2.45) is 5.73 Å². The number of methoxy groups -OCH3 is 2. The molecule has 4 N–H and O–H groups in total. The first kappa shape index (κ1) is 8.81. The molecule has 1 heterocycles. The number of aliphatic hydroxyl groups is 1. The van der Waals surface area contributed by atoms with Crippen molar-refractivity contribution in [2.45, 2.75) is 39.6 Å². The van der Waals surface area contributed by atoms with E-state index in [2.05, 4.69) is 18.9 Å². The maximum Gasteiger partial charge on any atom is 0.507 e. The highest BCUT2D eigenvalue weighted by Gasteiger charge is 2.22. The third kappa shape index (κ3) is 12.8. The highest BCUT2D eigenvalue weighted by atomic mass is 16.7. The molecule has 2 atom stereocenters. The van der Waals surface area contributed by atoms with Crippen LogP contribution < -0.4 is 20.5 Å². The Morgan fingerprint density at radius 1 is 1.17 bits per heavy atom. The van der Waals surface area contributed by atoms with Crippen molar-refractivity contribution >= 4 is 12.2 Å². The van der Waals surface area contributed by atoms with E-state index in [0.29, 0.717) is 0 Å². The minimum Gasteiger partial charge on any atom is -0.491 e. The van der Waals surface area contributed by atoms with Gasteiger partial charge in [0.2, 0.25) is 0 Å². The number of carbonyl (C=O) groups is 2. The summed E-state index contributed by atoms with van der Waals surface area (Å²) in [6, 6.07) is -7.21. The second-order valence-electron chi connectivity index (χ2n) is 5.44. The minimum atomic E-state index is -3.81. The normalized spacial score (nSPS) is 32.8. The molecule has 36 heavy (non-hydrogen) atoms. The molecule has 200 valence electrons. The van der Waals surface area contributed by atoms with Gasteiger partial charge in [-0.2, -0.15) is 0 Å². The predicted octanol–water partition coefficient (Wildman–Crippen LogP) is 3.19. The SMILES string of the molecule is COC(=O)OC.[2H]c1c(OC([2H])([2H])C([2H])(O)C([2H])([2H])N)c([2H])c(C([2H])([2H])[2H])c([2H])c1C([2H])([2H])[2H].[2H]c1c(OC([2H])([2H])C2([2H])OC(=O)NC2([2H])[2H])c([2H])c(C([2H])([2H])[2H])c([2H])c1C([2H])([2H])[2H]. The molecule has 2 aromatic carbocycles. The summed E-state index contributed by atoms with van der Waals surface area (Å²) in [6.07, 6.45) is -9.39. The molecule has 0 aliphatic carbocycles. The molecule has 2 aromatic rings. The van der Waals surface area contributed by atoms with Crippen LogP contribution in [0.15, 0.2) is 36.3 Å². The van der Waals surface area contributed by atoms with Crippen LogP contribution in [0.2, 0.25) is 0 Å². The van der Waals surface area contributed by atoms with Crippen molar-refractivity contribution in [3.8, 4) is 11.5 Å². The van der Waals surface area contributed by atoms with Crippen molar-refractivity contribution in [1.82, 2.24) is 5.32 Å². The van der Waals surface area contributed by atoms with E-state index in [1.165, 1.54) is 14.2 Å². The van der Waals surface area contributed by atoms with Crippen molar-refractivity contribution < 1.29 is 76.8 Å². The molecule has 0 spiro atoms. The second kappa shape index (κ2) is 16.2. The van der Waals surface area contributed by atoms with E-state index in [1.54, 1.807) is 5.32 Å². The summed E-state index contributed by atoms with van der Waals surface area (Å²) in [5, 5.41) is 11.4. The number of benzene rings is 2. The fraction of sp³-hybridized carbons (Fsp3) is 0.462. The van der Waals surface area contributed by atoms with Crippen LogP contribution in [0.5, 0.6) is 11.5 Å². The molecule has 1 saturated heterocycles. The summed E-state index contributed by atoms with van der Waals surface area (Å²) >= 11 is 0. The monoisotopic (exact) mass is 534 g/mol. The number of alkyl carbamates (subject to hydrolysis) is 1. The lowest BCUT2D eigenvalue weighted by molar-refractivity contribution is 0.0924. The van der Waals surface area contributed by atoms with E-state index in [1.807, 2.05) is 0 Å². The maximum absolute atomic E-state index is 11.4. The van der Waals surface area contributed by atoms with Crippen LogP contribution in [0, 0.1) is 27.4 Å². The van der Waals surface area contributed by atoms with Gasteiger partial charge in [0.15, 0.2) is 6.08 Å². The maximum atomic E-state index is 11.4. The molecule has 0 saturated carbocycles. The highest BCUT2D eigenvalue weighted by Crippen LogP contribution is 2.17. The molecule has 1 aliphatic heterocycles. The van der Waals surface area contributed by atoms with Gasteiger partial charge in [0.1, 0.15) is 30.7 Å². The number of carbonyl (C=O) groups excluding carboxylic acids is 2. The van der Waals surface area contributed by atoms with Crippen LogP contribution in [0.4, 0.5) is 9.59 Å². The van der Waals surface area contributed by atoms with Gasteiger partial charge in [-0.05, 0) is 73.8 Å². The molecule has 0 aromatic heterocycles. The molecule has 1 fully saturated rings. The molecule has 0 radical (unpaired) electrons. The van der Waals surface area contributed by atoms with E-state index >= 15 is 0 Å². The van der Waals surface area contributed by atoms with Gasteiger partial charge in [0, 0.05) is 25.7 Å². The van der Waals surface area contributed by atoms with Gasteiger partial charge >= 0.3 is 12.2 Å². The number of rotatable bonds is 7. The minimum absolute atomic E-state index is 0.657. The zero-order chi connectivity index (χ0) is 51.3. The van der Waals surface area contributed by atoms with Crippen molar-refractivity contribution in [3.63, 3.8) is 0 Å². The molecular weight excluding hydrogens is 468 g/mol.